The third-order valence-corrected chi connectivity index (χ3v) is 2.30. The van der Waals surface area contributed by atoms with Crippen LogP contribution in [0.1, 0.15) is 19.8 Å². The van der Waals surface area contributed by atoms with Gasteiger partial charge < -0.3 is 4.48 Å². The van der Waals surface area contributed by atoms with Gasteiger partial charge in [-0.05, 0) is 12.5 Å². The summed E-state index contributed by atoms with van der Waals surface area (Å²) in [5.74, 6) is 0. The predicted octanol–water partition coefficient (Wildman–Crippen LogP) is 1.80. The van der Waals surface area contributed by atoms with Gasteiger partial charge in [0.05, 0.1) is 26.7 Å². The molecular weight excluding hydrogens is 122 g/mol. The van der Waals surface area contributed by atoms with Gasteiger partial charge in [-0.25, -0.2) is 0 Å². The Hall–Kier alpha value is -0.300. The molecule has 0 radical (unpaired) electrons. The summed E-state index contributed by atoms with van der Waals surface area (Å²) in [6, 6.07) is 0. The van der Waals surface area contributed by atoms with Gasteiger partial charge in [-0.2, -0.15) is 0 Å². The molecule has 0 spiro atoms. The molecule has 1 nitrogen and oxygen atoms in total. The molecule has 1 rings (SSSR count). The lowest BCUT2D eigenvalue weighted by Gasteiger charge is -2.29. The van der Waals surface area contributed by atoms with E-state index in [0.29, 0.717) is 0 Å². The van der Waals surface area contributed by atoms with Gasteiger partial charge in [-0.3, -0.25) is 0 Å². The number of hydrogen-bond donors (Lipinski definition) is 0. The highest BCUT2D eigenvalue weighted by atomic mass is 15.3. The quantitative estimate of drug-likeness (QED) is 0.405. The Morgan fingerprint density at radius 1 is 1.40 bits per heavy atom. The van der Waals surface area contributed by atoms with Crippen molar-refractivity contribution in [3.05, 3.63) is 12.2 Å². The maximum Gasteiger partial charge on any atom is 0.0995 e. The normalized spacial score (nSPS) is 23.0. The molecule has 1 heteroatoms. The zero-order valence-electron chi connectivity index (χ0n) is 7.19. The molecule has 0 bridgehead atoms. The second-order valence-electron chi connectivity index (χ2n) is 3.89. The number of rotatable bonds is 2. The van der Waals surface area contributed by atoms with Gasteiger partial charge in [0.15, 0.2) is 0 Å². The average molecular weight is 140 g/mol. The van der Waals surface area contributed by atoms with Crippen molar-refractivity contribution in [2.45, 2.75) is 19.8 Å². The van der Waals surface area contributed by atoms with E-state index >= 15 is 0 Å². The average Bonchev–Trinajstić information content (AvgIpc) is 2.12. The summed E-state index contributed by atoms with van der Waals surface area (Å²) in [6.07, 6.45) is 2.81. The van der Waals surface area contributed by atoms with E-state index in [1.165, 1.54) is 42.5 Å². The van der Waals surface area contributed by atoms with E-state index in [1.807, 2.05) is 0 Å². The van der Waals surface area contributed by atoms with Crippen LogP contribution >= 0.6 is 0 Å². The van der Waals surface area contributed by atoms with Crippen LogP contribution in [0.3, 0.4) is 0 Å². The SMILES string of the molecule is C=C(C)C[N+]1(C)CCCC1. The Morgan fingerprint density at radius 3 is 2.30 bits per heavy atom. The molecule has 1 aliphatic heterocycles. The molecule has 58 valence electrons. The summed E-state index contributed by atoms with van der Waals surface area (Å²) >= 11 is 0. The number of likely N-dealkylation sites (N-methyl/N-ethyl adjacent to an activating group) is 1. The van der Waals surface area contributed by atoms with Crippen molar-refractivity contribution in [1.82, 2.24) is 0 Å². The van der Waals surface area contributed by atoms with Crippen LogP contribution < -0.4 is 0 Å². The summed E-state index contributed by atoms with van der Waals surface area (Å²) in [5, 5.41) is 0. The van der Waals surface area contributed by atoms with Crippen molar-refractivity contribution >= 4 is 0 Å². The molecule has 0 aromatic heterocycles. The standard InChI is InChI=1S/C9H18N/c1-9(2)8-10(3)6-4-5-7-10/h1,4-8H2,2-3H3/q+1. The smallest absolute Gasteiger partial charge is 0.0995 e. The van der Waals surface area contributed by atoms with Crippen molar-refractivity contribution in [1.29, 1.82) is 0 Å². The number of likely N-dealkylation sites (tertiary alicyclic amines) is 1. The monoisotopic (exact) mass is 140 g/mol. The second kappa shape index (κ2) is 2.75. The van der Waals surface area contributed by atoms with E-state index in [4.69, 9.17) is 0 Å². The van der Waals surface area contributed by atoms with Gasteiger partial charge in [0.1, 0.15) is 0 Å². The van der Waals surface area contributed by atoms with Gasteiger partial charge in [-0.15, -0.1) is 0 Å². The lowest BCUT2D eigenvalue weighted by atomic mass is 10.3. The zero-order valence-corrected chi connectivity index (χ0v) is 7.19. The summed E-state index contributed by atoms with van der Waals surface area (Å²) in [5.41, 5.74) is 1.32. The third-order valence-electron chi connectivity index (χ3n) is 2.30. The van der Waals surface area contributed by atoms with Crippen LogP contribution in [0.15, 0.2) is 12.2 Å². The van der Waals surface area contributed by atoms with Crippen LogP contribution in [0.5, 0.6) is 0 Å². The van der Waals surface area contributed by atoms with Gasteiger partial charge in [-0.1, -0.05) is 6.58 Å². The van der Waals surface area contributed by atoms with Gasteiger partial charge in [0.2, 0.25) is 0 Å². The molecule has 1 fully saturated rings. The van der Waals surface area contributed by atoms with E-state index in [0.717, 1.165) is 0 Å². The van der Waals surface area contributed by atoms with Crippen molar-refractivity contribution in [2.75, 3.05) is 26.7 Å². The van der Waals surface area contributed by atoms with Crippen LogP contribution in [-0.2, 0) is 0 Å². The second-order valence-corrected chi connectivity index (χ2v) is 3.89. The Balaban J connectivity index is 2.43. The van der Waals surface area contributed by atoms with Crippen LogP contribution in [0.25, 0.3) is 0 Å². The van der Waals surface area contributed by atoms with Gasteiger partial charge >= 0.3 is 0 Å². The lowest BCUT2D eigenvalue weighted by Crippen LogP contribution is -2.41. The maximum atomic E-state index is 3.95. The summed E-state index contributed by atoms with van der Waals surface area (Å²) in [4.78, 5) is 0. The molecule has 0 unspecified atom stereocenters. The first-order valence-electron chi connectivity index (χ1n) is 4.10. The number of nitrogens with zero attached hydrogens (tertiary/aromatic N) is 1. The Kier molecular flexibility index (Phi) is 2.14. The molecule has 1 aliphatic rings. The molecule has 1 saturated heterocycles. The van der Waals surface area contributed by atoms with Crippen molar-refractivity contribution in [3.8, 4) is 0 Å². The molecule has 1 heterocycles. The van der Waals surface area contributed by atoms with Crippen LogP contribution in [0, 0.1) is 0 Å². The van der Waals surface area contributed by atoms with E-state index in [1.54, 1.807) is 0 Å². The molecule has 0 amide bonds. The summed E-state index contributed by atoms with van der Waals surface area (Å²) in [6.45, 7) is 9.96. The Labute approximate surface area is 63.9 Å². The summed E-state index contributed by atoms with van der Waals surface area (Å²) in [7, 11) is 2.34. The highest BCUT2D eigenvalue weighted by molar-refractivity contribution is 4.88. The van der Waals surface area contributed by atoms with Crippen molar-refractivity contribution in [3.63, 3.8) is 0 Å². The minimum Gasteiger partial charge on any atom is -0.323 e. The zero-order chi connectivity index (χ0) is 7.61. The van der Waals surface area contributed by atoms with Crippen molar-refractivity contribution < 1.29 is 4.48 Å². The van der Waals surface area contributed by atoms with E-state index in [9.17, 15) is 0 Å². The topological polar surface area (TPSA) is 0 Å². The molecule has 0 atom stereocenters. The molecule has 0 aliphatic carbocycles. The highest BCUT2D eigenvalue weighted by Crippen LogP contribution is 2.17. The fraction of sp³-hybridized carbons (Fsp3) is 0.778. The maximum absolute atomic E-state index is 3.95. The fourth-order valence-corrected chi connectivity index (χ4v) is 1.91. The molecule has 0 aromatic rings. The number of quaternary nitrogens is 1. The van der Waals surface area contributed by atoms with E-state index in [-0.39, 0.29) is 0 Å². The Morgan fingerprint density at radius 2 is 1.90 bits per heavy atom. The van der Waals surface area contributed by atoms with Gasteiger partial charge in [0, 0.05) is 12.8 Å². The molecular formula is C9H18N+. The number of hydrogen-bond acceptors (Lipinski definition) is 0. The first-order chi connectivity index (χ1) is 4.62. The Bertz CT molecular complexity index is 132. The summed E-state index contributed by atoms with van der Waals surface area (Å²) < 4.78 is 1.23. The van der Waals surface area contributed by atoms with Crippen LogP contribution in [0.2, 0.25) is 0 Å². The largest absolute Gasteiger partial charge is 0.323 e. The van der Waals surface area contributed by atoms with E-state index < -0.39 is 0 Å². The van der Waals surface area contributed by atoms with Crippen LogP contribution in [-0.4, -0.2) is 31.2 Å². The molecule has 0 saturated carbocycles. The van der Waals surface area contributed by atoms with E-state index in [2.05, 4.69) is 20.6 Å². The molecule has 0 aromatic carbocycles. The van der Waals surface area contributed by atoms with Crippen LogP contribution in [0.4, 0.5) is 0 Å². The highest BCUT2D eigenvalue weighted by Gasteiger charge is 2.25. The first-order valence-corrected chi connectivity index (χ1v) is 4.10. The van der Waals surface area contributed by atoms with Crippen molar-refractivity contribution in [2.24, 2.45) is 0 Å². The van der Waals surface area contributed by atoms with Gasteiger partial charge in [0.25, 0.3) is 0 Å². The minimum atomic E-state index is 1.18. The fourth-order valence-electron chi connectivity index (χ4n) is 1.91. The predicted molar refractivity (Wildman–Crippen MR) is 44.8 cm³/mol. The third kappa shape index (κ3) is 1.84. The first kappa shape index (κ1) is 7.80. The minimum absolute atomic E-state index is 1.18. The molecule has 10 heavy (non-hydrogen) atoms. The molecule has 0 N–H and O–H groups in total. The lowest BCUT2D eigenvalue weighted by molar-refractivity contribution is -0.892.